The van der Waals surface area contributed by atoms with Crippen LogP contribution in [0.2, 0.25) is 0 Å². The number of rotatable bonds is 2. The zero-order valence-electron chi connectivity index (χ0n) is 14.4. The van der Waals surface area contributed by atoms with Crippen LogP contribution in [0.3, 0.4) is 0 Å². The molecule has 0 aromatic carbocycles. The van der Waals surface area contributed by atoms with E-state index in [0.717, 1.165) is 25.7 Å². The van der Waals surface area contributed by atoms with Crippen LogP contribution in [-0.2, 0) is 0 Å². The lowest BCUT2D eigenvalue weighted by Crippen LogP contribution is -2.57. The first-order valence-corrected chi connectivity index (χ1v) is 8.93. The summed E-state index contributed by atoms with van der Waals surface area (Å²) in [4.78, 5) is 0. The summed E-state index contributed by atoms with van der Waals surface area (Å²) in [5.74, 6) is 0.767. The van der Waals surface area contributed by atoms with Gasteiger partial charge in [-0.15, -0.1) is 6.58 Å². The van der Waals surface area contributed by atoms with E-state index in [1.165, 1.54) is 18.4 Å². The minimum Gasteiger partial charge on any atom is -0.396 e. The minimum absolute atomic E-state index is 0.000477. The highest BCUT2D eigenvalue weighted by molar-refractivity contribution is 5.30. The molecule has 0 aromatic rings. The van der Waals surface area contributed by atoms with Crippen molar-refractivity contribution in [1.29, 1.82) is 0 Å². The molecule has 5 unspecified atom stereocenters. The average Bonchev–Trinajstić information content (AvgIpc) is 2.48. The van der Waals surface area contributed by atoms with Crippen LogP contribution in [0.4, 0.5) is 0 Å². The number of aliphatic hydroxyl groups is 2. The van der Waals surface area contributed by atoms with Gasteiger partial charge in [-0.05, 0) is 54.9 Å². The van der Waals surface area contributed by atoms with Crippen LogP contribution in [0.15, 0.2) is 24.3 Å². The molecule has 0 amide bonds. The number of hydrogen-bond acceptors (Lipinski definition) is 2. The molecule has 0 radical (unpaired) electrons. The summed E-state index contributed by atoms with van der Waals surface area (Å²) < 4.78 is 0. The fourth-order valence-corrected chi connectivity index (χ4v) is 5.91. The first-order valence-electron chi connectivity index (χ1n) is 8.93. The molecule has 2 nitrogen and oxygen atoms in total. The minimum atomic E-state index is -0.341. The van der Waals surface area contributed by atoms with Gasteiger partial charge in [-0.1, -0.05) is 39.3 Å². The smallest absolute Gasteiger partial charge is 0.0756 e. The second-order valence-electron chi connectivity index (χ2n) is 8.98. The average molecular weight is 304 g/mol. The van der Waals surface area contributed by atoms with Crippen LogP contribution < -0.4 is 0 Å². The van der Waals surface area contributed by atoms with Crippen molar-refractivity contribution < 1.29 is 10.2 Å². The SMILES string of the molecule is C=CC1(C)C=C2C(O)CC3C(C)(C)CCCC3(CO)C2CC1. The van der Waals surface area contributed by atoms with Gasteiger partial charge in [0.1, 0.15) is 0 Å². The molecule has 3 aliphatic carbocycles. The van der Waals surface area contributed by atoms with E-state index in [0.29, 0.717) is 11.8 Å². The Balaban J connectivity index is 2.06. The summed E-state index contributed by atoms with van der Waals surface area (Å²) >= 11 is 0. The molecule has 0 bridgehead atoms. The zero-order chi connectivity index (χ0) is 16.2. The van der Waals surface area contributed by atoms with Crippen molar-refractivity contribution in [1.82, 2.24) is 0 Å². The van der Waals surface area contributed by atoms with E-state index in [2.05, 4.69) is 33.4 Å². The zero-order valence-corrected chi connectivity index (χ0v) is 14.4. The lowest BCUT2D eigenvalue weighted by Gasteiger charge is -2.61. The fourth-order valence-electron chi connectivity index (χ4n) is 5.91. The van der Waals surface area contributed by atoms with E-state index in [1.807, 2.05) is 6.08 Å². The van der Waals surface area contributed by atoms with Crippen LogP contribution in [0.25, 0.3) is 0 Å². The molecule has 0 aliphatic heterocycles. The molecule has 0 spiro atoms. The van der Waals surface area contributed by atoms with Gasteiger partial charge in [-0.25, -0.2) is 0 Å². The molecule has 5 atom stereocenters. The molecule has 2 N–H and O–H groups in total. The lowest BCUT2D eigenvalue weighted by molar-refractivity contribution is -0.123. The number of aliphatic hydroxyl groups excluding tert-OH is 2. The topological polar surface area (TPSA) is 40.5 Å². The largest absolute Gasteiger partial charge is 0.396 e. The number of fused-ring (bicyclic) bond motifs is 3. The van der Waals surface area contributed by atoms with Crippen molar-refractivity contribution in [2.75, 3.05) is 6.61 Å². The van der Waals surface area contributed by atoms with Crippen molar-refractivity contribution in [3.8, 4) is 0 Å². The molecule has 3 aliphatic rings. The van der Waals surface area contributed by atoms with Crippen molar-refractivity contribution in [2.24, 2.45) is 28.1 Å². The molecule has 2 saturated carbocycles. The Kier molecular flexibility index (Phi) is 3.85. The summed E-state index contributed by atoms with van der Waals surface area (Å²) in [6.45, 7) is 11.1. The summed E-state index contributed by atoms with van der Waals surface area (Å²) in [6.07, 6.45) is 10.4. The normalized spacial score (nSPS) is 47.1. The first-order chi connectivity index (χ1) is 10.3. The standard InChI is InChI=1S/C20H32O2/c1-5-19(4)10-7-15-14(12-19)16(22)11-17-18(2,3)8-6-9-20(15,17)13-21/h5,12,15-17,21-22H,1,6-11,13H2,2-4H3. The van der Waals surface area contributed by atoms with Gasteiger partial charge < -0.3 is 10.2 Å². The van der Waals surface area contributed by atoms with E-state index in [1.54, 1.807) is 0 Å². The molecule has 0 aromatic heterocycles. The lowest BCUT2D eigenvalue weighted by atomic mass is 9.44. The predicted octanol–water partition coefficient (Wildman–Crippen LogP) is 4.08. The van der Waals surface area contributed by atoms with E-state index >= 15 is 0 Å². The van der Waals surface area contributed by atoms with Gasteiger partial charge in [0, 0.05) is 17.4 Å². The highest BCUT2D eigenvalue weighted by Gasteiger charge is 2.58. The van der Waals surface area contributed by atoms with E-state index in [9.17, 15) is 10.2 Å². The number of hydrogen-bond donors (Lipinski definition) is 2. The van der Waals surface area contributed by atoms with Crippen molar-refractivity contribution >= 4 is 0 Å². The van der Waals surface area contributed by atoms with Crippen molar-refractivity contribution in [3.63, 3.8) is 0 Å². The molecule has 2 fully saturated rings. The van der Waals surface area contributed by atoms with Gasteiger partial charge in [-0.2, -0.15) is 0 Å². The monoisotopic (exact) mass is 304 g/mol. The maximum atomic E-state index is 10.8. The Hall–Kier alpha value is -0.600. The second-order valence-corrected chi connectivity index (χ2v) is 8.98. The summed E-state index contributed by atoms with van der Waals surface area (Å²) in [6, 6.07) is 0. The highest BCUT2D eigenvalue weighted by atomic mass is 16.3. The third-order valence-corrected chi connectivity index (χ3v) is 7.27. The van der Waals surface area contributed by atoms with Crippen LogP contribution in [0.1, 0.15) is 59.3 Å². The van der Waals surface area contributed by atoms with E-state index in [-0.39, 0.29) is 29.0 Å². The fraction of sp³-hybridized carbons (Fsp3) is 0.800. The van der Waals surface area contributed by atoms with Crippen LogP contribution in [0, 0.1) is 28.1 Å². The van der Waals surface area contributed by atoms with Crippen LogP contribution >= 0.6 is 0 Å². The second kappa shape index (κ2) is 5.21. The van der Waals surface area contributed by atoms with Gasteiger partial charge in [0.2, 0.25) is 0 Å². The molecular weight excluding hydrogens is 272 g/mol. The Bertz CT molecular complexity index is 492. The Morgan fingerprint density at radius 3 is 2.64 bits per heavy atom. The molecule has 22 heavy (non-hydrogen) atoms. The molecule has 3 rings (SSSR count). The summed E-state index contributed by atoms with van der Waals surface area (Å²) in [5.41, 5.74) is 1.39. The van der Waals surface area contributed by atoms with Gasteiger partial charge in [0.25, 0.3) is 0 Å². The first kappa shape index (κ1) is 16.3. The van der Waals surface area contributed by atoms with Crippen LogP contribution in [-0.4, -0.2) is 22.9 Å². The number of allylic oxidation sites excluding steroid dienone is 2. The molecule has 2 heteroatoms. The molecule has 0 saturated heterocycles. The van der Waals surface area contributed by atoms with E-state index < -0.39 is 0 Å². The van der Waals surface area contributed by atoms with E-state index in [4.69, 9.17) is 0 Å². The van der Waals surface area contributed by atoms with Gasteiger partial charge in [0.15, 0.2) is 0 Å². The van der Waals surface area contributed by atoms with Gasteiger partial charge in [-0.3, -0.25) is 0 Å². The molecule has 0 heterocycles. The highest BCUT2D eigenvalue weighted by Crippen LogP contribution is 2.63. The van der Waals surface area contributed by atoms with Gasteiger partial charge in [0.05, 0.1) is 6.10 Å². The van der Waals surface area contributed by atoms with Crippen molar-refractivity contribution in [2.45, 2.75) is 65.4 Å². The van der Waals surface area contributed by atoms with Crippen molar-refractivity contribution in [3.05, 3.63) is 24.3 Å². The van der Waals surface area contributed by atoms with Gasteiger partial charge >= 0.3 is 0 Å². The summed E-state index contributed by atoms with van der Waals surface area (Å²) in [5, 5.41) is 21.2. The Morgan fingerprint density at radius 2 is 2.00 bits per heavy atom. The Morgan fingerprint density at radius 1 is 1.27 bits per heavy atom. The van der Waals surface area contributed by atoms with Crippen LogP contribution in [0.5, 0.6) is 0 Å². The maximum absolute atomic E-state index is 10.8. The summed E-state index contributed by atoms with van der Waals surface area (Å²) in [7, 11) is 0. The maximum Gasteiger partial charge on any atom is 0.0756 e. The Labute approximate surface area is 135 Å². The quantitative estimate of drug-likeness (QED) is 0.755. The predicted molar refractivity (Wildman–Crippen MR) is 90.4 cm³/mol. The third-order valence-electron chi connectivity index (χ3n) is 7.27. The molecule has 124 valence electrons. The third kappa shape index (κ3) is 2.22. The molecular formula is C20H32O2.